The Morgan fingerprint density at radius 2 is 1.83 bits per heavy atom. The number of hydrogen-bond acceptors (Lipinski definition) is 4. The Balaban J connectivity index is 2.07. The quantitative estimate of drug-likeness (QED) is 0.636. The molecule has 1 aromatic rings. The van der Waals surface area contributed by atoms with Gasteiger partial charge in [0.25, 0.3) is 0 Å². The first-order chi connectivity index (χ1) is 8.66. The van der Waals surface area contributed by atoms with Gasteiger partial charge in [-0.2, -0.15) is 0 Å². The van der Waals surface area contributed by atoms with Crippen molar-refractivity contribution in [3.05, 3.63) is 24.3 Å². The normalized spacial score (nSPS) is 18.3. The molecule has 0 radical (unpaired) electrons. The molecule has 0 unspecified atom stereocenters. The van der Waals surface area contributed by atoms with Gasteiger partial charge in [-0.15, -0.1) is 0 Å². The average molecular weight is 249 g/mol. The van der Waals surface area contributed by atoms with Crippen LogP contribution in [-0.4, -0.2) is 17.6 Å². The highest BCUT2D eigenvalue weighted by atomic mass is 16.5. The monoisotopic (exact) mass is 249 g/mol. The fourth-order valence-electron chi connectivity index (χ4n) is 2.45. The molecular formula is C14H19NO3. The molecule has 1 aliphatic carbocycles. The van der Waals surface area contributed by atoms with Crippen LogP contribution in [0.4, 0.5) is 0 Å². The van der Waals surface area contributed by atoms with Crippen LogP contribution in [0.3, 0.4) is 0 Å². The van der Waals surface area contributed by atoms with E-state index in [-0.39, 0.29) is 11.7 Å². The fourth-order valence-corrected chi connectivity index (χ4v) is 2.45. The van der Waals surface area contributed by atoms with Gasteiger partial charge in [-0.3, -0.25) is 4.79 Å². The van der Waals surface area contributed by atoms with E-state index in [9.17, 15) is 9.90 Å². The molecule has 4 heteroatoms. The van der Waals surface area contributed by atoms with Crippen LogP contribution in [0, 0.1) is 5.41 Å². The zero-order chi connectivity index (χ0) is 13.0. The predicted octanol–water partition coefficient (Wildman–Crippen LogP) is 2.21. The Hall–Kier alpha value is -1.55. The molecule has 3 N–H and O–H groups in total. The number of phenolic OH excluding ortho intramolecular Hbond substituents is 1. The summed E-state index contributed by atoms with van der Waals surface area (Å²) in [7, 11) is 0. The van der Waals surface area contributed by atoms with Gasteiger partial charge >= 0.3 is 5.97 Å². The molecule has 0 heterocycles. The Bertz CT molecular complexity index is 408. The predicted molar refractivity (Wildman–Crippen MR) is 68.3 cm³/mol. The minimum atomic E-state index is -0.518. The second-order valence-electron chi connectivity index (χ2n) is 4.93. The molecule has 98 valence electrons. The first kappa shape index (κ1) is 12.9. The second kappa shape index (κ2) is 5.40. The Morgan fingerprint density at radius 1 is 1.22 bits per heavy atom. The minimum absolute atomic E-state index is 0.154. The number of carbonyl (C=O) groups excluding carboxylic acids is 1. The third-order valence-electron chi connectivity index (χ3n) is 3.68. The molecule has 2 rings (SSSR count). The molecule has 0 amide bonds. The molecule has 0 spiro atoms. The van der Waals surface area contributed by atoms with E-state index in [1.165, 1.54) is 12.1 Å². The van der Waals surface area contributed by atoms with Gasteiger partial charge in [-0.25, -0.2) is 0 Å². The van der Waals surface area contributed by atoms with Crippen molar-refractivity contribution < 1.29 is 14.6 Å². The van der Waals surface area contributed by atoms with Crippen LogP contribution in [0.15, 0.2) is 24.3 Å². The summed E-state index contributed by atoms with van der Waals surface area (Å²) in [6, 6.07) is 6.16. The molecule has 0 aliphatic heterocycles. The van der Waals surface area contributed by atoms with E-state index in [0.717, 1.165) is 32.1 Å². The van der Waals surface area contributed by atoms with Crippen LogP contribution >= 0.6 is 0 Å². The highest BCUT2D eigenvalue weighted by Crippen LogP contribution is 2.36. The van der Waals surface area contributed by atoms with E-state index in [1.807, 2.05) is 0 Å². The van der Waals surface area contributed by atoms with Crippen LogP contribution < -0.4 is 10.5 Å². The molecule has 18 heavy (non-hydrogen) atoms. The zero-order valence-corrected chi connectivity index (χ0v) is 10.4. The summed E-state index contributed by atoms with van der Waals surface area (Å²) >= 11 is 0. The van der Waals surface area contributed by atoms with Gasteiger partial charge in [-0.1, -0.05) is 19.3 Å². The number of nitrogens with two attached hydrogens (primary N) is 1. The molecule has 1 saturated carbocycles. The van der Waals surface area contributed by atoms with Gasteiger partial charge in [-0.05, 0) is 37.1 Å². The first-order valence-corrected chi connectivity index (χ1v) is 6.38. The van der Waals surface area contributed by atoms with Crippen molar-refractivity contribution in [1.82, 2.24) is 0 Å². The standard InChI is InChI=1S/C14H19NO3/c15-10-14(8-2-1-3-9-14)13(17)18-12-6-4-11(16)5-7-12/h4-7,16H,1-3,8-10,15H2. The summed E-state index contributed by atoms with van der Waals surface area (Å²) in [5.74, 6) is 0.368. The number of hydrogen-bond donors (Lipinski definition) is 2. The third kappa shape index (κ3) is 2.64. The van der Waals surface area contributed by atoms with Gasteiger partial charge in [0.15, 0.2) is 0 Å². The Labute approximate surface area is 107 Å². The second-order valence-corrected chi connectivity index (χ2v) is 4.93. The van der Waals surface area contributed by atoms with Gasteiger partial charge in [0.05, 0.1) is 5.41 Å². The highest BCUT2D eigenvalue weighted by Gasteiger charge is 2.39. The maximum Gasteiger partial charge on any atom is 0.318 e. The number of benzene rings is 1. The number of ether oxygens (including phenoxy) is 1. The number of aromatic hydroxyl groups is 1. The molecule has 1 fully saturated rings. The van der Waals surface area contributed by atoms with E-state index >= 15 is 0 Å². The maximum absolute atomic E-state index is 12.2. The molecule has 0 atom stereocenters. The number of esters is 1. The first-order valence-electron chi connectivity index (χ1n) is 6.38. The zero-order valence-electron chi connectivity index (χ0n) is 10.4. The van der Waals surface area contributed by atoms with Crippen LogP contribution in [0.2, 0.25) is 0 Å². The Kier molecular flexibility index (Phi) is 3.87. The highest BCUT2D eigenvalue weighted by molar-refractivity contribution is 5.79. The molecular weight excluding hydrogens is 230 g/mol. The lowest BCUT2D eigenvalue weighted by molar-refractivity contribution is -0.147. The van der Waals surface area contributed by atoms with Gasteiger partial charge in [0, 0.05) is 6.54 Å². The van der Waals surface area contributed by atoms with Crippen molar-refractivity contribution >= 4 is 5.97 Å². The molecule has 0 aromatic heterocycles. The van der Waals surface area contributed by atoms with Gasteiger partial charge < -0.3 is 15.6 Å². The van der Waals surface area contributed by atoms with Gasteiger partial charge in [0.2, 0.25) is 0 Å². The summed E-state index contributed by atoms with van der Waals surface area (Å²) in [6.45, 7) is 0.337. The lowest BCUT2D eigenvalue weighted by atomic mass is 9.74. The van der Waals surface area contributed by atoms with Crippen molar-refractivity contribution in [1.29, 1.82) is 0 Å². The average Bonchev–Trinajstić information content (AvgIpc) is 2.42. The topological polar surface area (TPSA) is 72.6 Å². The lowest BCUT2D eigenvalue weighted by Crippen LogP contribution is -2.42. The van der Waals surface area contributed by atoms with Crippen molar-refractivity contribution in [2.45, 2.75) is 32.1 Å². The SMILES string of the molecule is NCC1(C(=O)Oc2ccc(O)cc2)CCCCC1. The largest absolute Gasteiger partial charge is 0.508 e. The van der Waals surface area contributed by atoms with E-state index in [0.29, 0.717) is 12.3 Å². The molecule has 4 nitrogen and oxygen atoms in total. The number of rotatable bonds is 3. The van der Waals surface area contributed by atoms with Gasteiger partial charge in [0.1, 0.15) is 11.5 Å². The molecule has 0 bridgehead atoms. The summed E-state index contributed by atoms with van der Waals surface area (Å²) in [5.41, 5.74) is 5.26. The fraction of sp³-hybridized carbons (Fsp3) is 0.500. The number of phenols is 1. The van der Waals surface area contributed by atoms with E-state index in [4.69, 9.17) is 10.5 Å². The minimum Gasteiger partial charge on any atom is -0.508 e. The van der Waals surface area contributed by atoms with E-state index < -0.39 is 5.41 Å². The third-order valence-corrected chi connectivity index (χ3v) is 3.68. The summed E-state index contributed by atoms with van der Waals surface area (Å²) in [5, 5.41) is 9.18. The van der Waals surface area contributed by atoms with Crippen LogP contribution in [0.5, 0.6) is 11.5 Å². The molecule has 1 aromatic carbocycles. The molecule has 1 aliphatic rings. The van der Waals surface area contributed by atoms with E-state index in [2.05, 4.69) is 0 Å². The van der Waals surface area contributed by atoms with Crippen LogP contribution in [0.1, 0.15) is 32.1 Å². The maximum atomic E-state index is 12.2. The summed E-state index contributed by atoms with van der Waals surface area (Å²) in [4.78, 5) is 12.2. The van der Waals surface area contributed by atoms with Crippen LogP contribution in [0.25, 0.3) is 0 Å². The lowest BCUT2D eigenvalue weighted by Gasteiger charge is -2.33. The van der Waals surface area contributed by atoms with Crippen LogP contribution in [-0.2, 0) is 4.79 Å². The summed E-state index contributed by atoms with van der Waals surface area (Å²) < 4.78 is 5.37. The van der Waals surface area contributed by atoms with Crippen molar-refractivity contribution in [2.75, 3.05) is 6.54 Å². The Morgan fingerprint density at radius 3 is 2.39 bits per heavy atom. The summed E-state index contributed by atoms with van der Waals surface area (Å²) in [6.07, 6.45) is 4.83. The van der Waals surface area contributed by atoms with Crippen molar-refractivity contribution in [2.24, 2.45) is 11.1 Å². The number of carbonyl (C=O) groups is 1. The van der Waals surface area contributed by atoms with Crippen molar-refractivity contribution in [3.63, 3.8) is 0 Å². The van der Waals surface area contributed by atoms with E-state index in [1.54, 1.807) is 12.1 Å². The molecule has 0 saturated heterocycles. The smallest absolute Gasteiger partial charge is 0.318 e. The van der Waals surface area contributed by atoms with Crippen molar-refractivity contribution in [3.8, 4) is 11.5 Å².